The summed E-state index contributed by atoms with van der Waals surface area (Å²) >= 11 is 0. The molecule has 108 valence electrons. The zero-order chi connectivity index (χ0) is 14.5. The van der Waals surface area contributed by atoms with Crippen LogP contribution in [0.4, 0.5) is 5.69 Å². The second-order valence-electron chi connectivity index (χ2n) is 5.13. The van der Waals surface area contributed by atoms with Gasteiger partial charge in [0.2, 0.25) is 0 Å². The summed E-state index contributed by atoms with van der Waals surface area (Å²) in [5, 5.41) is 19.6. The second kappa shape index (κ2) is 6.58. The number of non-ortho nitro benzene ring substituents is 1. The molecule has 0 radical (unpaired) electrons. The Hall–Kier alpha value is -1.79. The second-order valence-corrected chi connectivity index (χ2v) is 5.13. The first-order valence-electron chi connectivity index (χ1n) is 6.71. The van der Waals surface area contributed by atoms with Crippen molar-refractivity contribution in [1.29, 1.82) is 0 Å². The summed E-state index contributed by atoms with van der Waals surface area (Å²) in [6.45, 7) is 2.16. The number of likely N-dealkylation sites (tertiary alicyclic amines) is 1. The summed E-state index contributed by atoms with van der Waals surface area (Å²) in [6, 6.07) is 5.71. The molecule has 1 aliphatic rings. The number of carbonyl (C=O) groups is 1. The van der Waals surface area contributed by atoms with E-state index in [2.05, 4.69) is 4.90 Å². The largest absolute Gasteiger partial charge is 0.396 e. The van der Waals surface area contributed by atoms with Crippen LogP contribution >= 0.6 is 0 Å². The van der Waals surface area contributed by atoms with Crippen LogP contribution in [0.15, 0.2) is 24.3 Å². The van der Waals surface area contributed by atoms with E-state index in [1.54, 1.807) is 0 Å². The van der Waals surface area contributed by atoms with Gasteiger partial charge in [-0.15, -0.1) is 0 Å². The quantitative estimate of drug-likeness (QED) is 0.501. The highest BCUT2D eigenvalue weighted by atomic mass is 16.6. The molecular formula is C14H18N2O4. The number of benzene rings is 1. The Morgan fingerprint density at radius 3 is 2.40 bits per heavy atom. The van der Waals surface area contributed by atoms with Crippen LogP contribution in [0.2, 0.25) is 0 Å². The van der Waals surface area contributed by atoms with E-state index in [9.17, 15) is 14.9 Å². The standard InChI is InChI=1S/C14H18N2O4/c17-10-11-5-7-15(8-6-11)9-14(18)12-1-3-13(4-2-12)16(19)20/h1-4,11,17H,5-10H2. The normalized spacial score (nSPS) is 17.1. The first-order chi connectivity index (χ1) is 9.60. The number of nitro groups is 1. The van der Waals surface area contributed by atoms with Gasteiger partial charge in [0.15, 0.2) is 5.78 Å². The molecule has 1 fully saturated rings. The highest BCUT2D eigenvalue weighted by Gasteiger charge is 2.20. The molecular weight excluding hydrogens is 260 g/mol. The Morgan fingerprint density at radius 1 is 1.30 bits per heavy atom. The predicted octanol–water partition coefficient (Wildman–Crippen LogP) is 1.48. The molecule has 0 saturated carbocycles. The molecule has 0 unspecified atom stereocenters. The molecule has 0 aromatic heterocycles. The van der Waals surface area contributed by atoms with E-state index in [4.69, 9.17) is 5.11 Å². The highest BCUT2D eigenvalue weighted by molar-refractivity contribution is 5.97. The van der Waals surface area contributed by atoms with Crippen LogP contribution < -0.4 is 0 Å². The van der Waals surface area contributed by atoms with Crippen LogP contribution in [0, 0.1) is 16.0 Å². The Balaban J connectivity index is 1.90. The SMILES string of the molecule is O=C(CN1CCC(CO)CC1)c1ccc([N+](=O)[O-])cc1. The summed E-state index contributed by atoms with van der Waals surface area (Å²) in [5.41, 5.74) is 0.491. The maximum Gasteiger partial charge on any atom is 0.269 e. The van der Waals surface area contributed by atoms with Gasteiger partial charge >= 0.3 is 0 Å². The van der Waals surface area contributed by atoms with Gasteiger partial charge in [-0.2, -0.15) is 0 Å². The number of ketones is 1. The minimum absolute atomic E-state index is 0.00897. The fourth-order valence-electron chi connectivity index (χ4n) is 2.39. The number of hydrogen-bond acceptors (Lipinski definition) is 5. The van der Waals surface area contributed by atoms with Gasteiger partial charge < -0.3 is 5.11 Å². The van der Waals surface area contributed by atoms with Gasteiger partial charge in [-0.3, -0.25) is 19.8 Å². The van der Waals surface area contributed by atoms with Crippen LogP contribution in [0.25, 0.3) is 0 Å². The smallest absolute Gasteiger partial charge is 0.269 e. The maximum atomic E-state index is 12.1. The van der Waals surface area contributed by atoms with Crippen molar-refractivity contribution in [2.45, 2.75) is 12.8 Å². The number of nitrogens with zero attached hydrogens (tertiary/aromatic N) is 2. The number of aliphatic hydroxyl groups is 1. The van der Waals surface area contributed by atoms with Crippen LogP contribution in [0.1, 0.15) is 23.2 Å². The topological polar surface area (TPSA) is 83.7 Å². The minimum atomic E-state index is -0.478. The molecule has 0 aliphatic carbocycles. The predicted molar refractivity (Wildman–Crippen MR) is 73.7 cm³/mol. The molecule has 1 heterocycles. The van der Waals surface area contributed by atoms with Gasteiger partial charge in [0, 0.05) is 24.3 Å². The van der Waals surface area contributed by atoms with Gasteiger partial charge in [-0.25, -0.2) is 0 Å². The van der Waals surface area contributed by atoms with E-state index in [0.29, 0.717) is 18.0 Å². The van der Waals surface area contributed by atoms with E-state index in [0.717, 1.165) is 25.9 Å². The van der Waals surface area contributed by atoms with Crippen molar-refractivity contribution in [2.75, 3.05) is 26.2 Å². The third-order valence-electron chi connectivity index (χ3n) is 3.73. The Bertz CT molecular complexity index is 478. The van der Waals surface area contributed by atoms with Crippen molar-refractivity contribution in [3.63, 3.8) is 0 Å². The maximum absolute atomic E-state index is 12.1. The zero-order valence-corrected chi connectivity index (χ0v) is 11.2. The molecule has 1 aromatic carbocycles. The average molecular weight is 278 g/mol. The molecule has 1 aliphatic heterocycles. The van der Waals surface area contributed by atoms with Crippen LogP contribution in [-0.4, -0.2) is 47.0 Å². The molecule has 2 rings (SSSR count). The number of aliphatic hydroxyl groups excluding tert-OH is 1. The third-order valence-corrected chi connectivity index (χ3v) is 3.73. The van der Waals surface area contributed by atoms with Crippen LogP contribution in [0.3, 0.4) is 0 Å². The first kappa shape index (κ1) is 14.6. The lowest BCUT2D eigenvalue weighted by atomic mass is 9.97. The number of Topliss-reactive ketones (excluding diaryl/α,β-unsaturated/α-hetero) is 1. The van der Waals surface area contributed by atoms with Crippen LogP contribution in [-0.2, 0) is 0 Å². The fraction of sp³-hybridized carbons (Fsp3) is 0.500. The molecule has 1 aromatic rings. The number of carbonyl (C=O) groups excluding carboxylic acids is 1. The fourth-order valence-corrected chi connectivity index (χ4v) is 2.39. The lowest BCUT2D eigenvalue weighted by Gasteiger charge is -2.30. The third kappa shape index (κ3) is 3.61. The molecule has 0 bridgehead atoms. The van der Waals surface area contributed by atoms with Crippen molar-refractivity contribution in [1.82, 2.24) is 4.90 Å². The number of piperidine rings is 1. The Kier molecular flexibility index (Phi) is 4.81. The van der Waals surface area contributed by atoms with E-state index in [-0.39, 0.29) is 18.1 Å². The van der Waals surface area contributed by atoms with Crippen molar-refractivity contribution >= 4 is 11.5 Å². The van der Waals surface area contributed by atoms with E-state index < -0.39 is 4.92 Å². The van der Waals surface area contributed by atoms with E-state index in [1.807, 2.05) is 0 Å². The highest BCUT2D eigenvalue weighted by Crippen LogP contribution is 2.17. The minimum Gasteiger partial charge on any atom is -0.396 e. The van der Waals surface area contributed by atoms with Crippen molar-refractivity contribution in [3.05, 3.63) is 39.9 Å². The van der Waals surface area contributed by atoms with Crippen molar-refractivity contribution in [3.8, 4) is 0 Å². The van der Waals surface area contributed by atoms with Gasteiger partial charge in [-0.05, 0) is 44.0 Å². The molecule has 0 spiro atoms. The van der Waals surface area contributed by atoms with Crippen LogP contribution in [0.5, 0.6) is 0 Å². The number of nitro benzene ring substituents is 1. The molecule has 0 amide bonds. The summed E-state index contributed by atoms with van der Waals surface area (Å²) in [7, 11) is 0. The Morgan fingerprint density at radius 2 is 1.90 bits per heavy atom. The lowest BCUT2D eigenvalue weighted by Crippen LogP contribution is -2.38. The number of hydrogen-bond donors (Lipinski definition) is 1. The molecule has 6 heteroatoms. The Labute approximate surface area is 117 Å². The molecule has 0 atom stereocenters. The van der Waals surface area contributed by atoms with Crippen molar-refractivity contribution < 1.29 is 14.8 Å². The lowest BCUT2D eigenvalue weighted by molar-refractivity contribution is -0.384. The van der Waals surface area contributed by atoms with E-state index >= 15 is 0 Å². The van der Waals surface area contributed by atoms with Gasteiger partial charge in [0.05, 0.1) is 11.5 Å². The summed E-state index contributed by atoms with van der Waals surface area (Å²) < 4.78 is 0. The van der Waals surface area contributed by atoms with Crippen molar-refractivity contribution in [2.24, 2.45) is 5.92 Å². The molecule has 1 N–H and O–H groups in total. The summed E-state index contributed by atoms with van der Waals surface area (Å²) in [5.74, 6) is 0.322. The molecule has 1 saturated heterocycles. The zero-order valence-electron chi connectivity index (χ0n) is 11.2. The number of rotatable bonds is 5. The van der Waals surface area contributed by atoms with Gasteiger partial charge in [0.1, 0.15) is 0 Å². The van der Waals surface area contributed by atoms with Gasteiger partial charge in [0.25, 0.3) is 5.69 Å². The first-order valence-corrected chi connectivity index (χ1v) is 6.71. The molecule has 6 nitrogen and oxygen atoms in total. The monoisotopic (exact) mass is 278 g/mol. The summed E-state index contributed by atoms with van der Waals surface area (Å²) in [4.78, 5) is 24.2. The van der Waals surface area contributed by atoms with Gasteiger partial charge in [-0.1, -0.05) is 0 Å². The van der Waals surface area contributed by atoms with E-state index in [1.165, 1.54) is 24.3 Å². The average Bonchev–Trinajstić information content (AvgIpc) is 2.48. The summed E-state index contributed by atoms with van der Waals surface area (Å²) in [6.07, 6.45) is 1.81. The molecule has 20 heavy (non-hydrogen) atoms.